The smallest absolute Gasteiger partial charge is 0.497 e. The number of Topliss-reactive ketones (excluding diaryl/α,β-unsaturated/α-hetero) is 1. The topological polar surface area (TPSA) is 107 Å². The minimum atomic E-state index is -4.93. The number of benzene rings is 3. The monoisotopic (exact) mass is 580 g/mol. The number of sulfone groups is 1. The number of hydrogen-bond acceptors (Lipinski definition) is 7. The van der Waals surface area contributed by atoms with E-state index in [1.54, 1.807) is 0 Å². The average Bonchev–Trinajstić information content (AvgIpc) is 3.28. The molecule has 4 aromatic rings. The number of aromatic nitrogens is 1. The molecular weight excluding hydrogens is 561 g/mol. The Hall–Kier alpha value is -4.03. The van der Waals surface area contributed by atoms with Crippen LogP contribution in [0.5, 0.6) is 17.2 Å². The third-order valence-electron chi connectivity index (χ3n) is 5.53. The zero-order valence-corrected chi connectivity index (χ0v) is 22.2. The molecule has 1 N–H and O–H groups in total. The molecule has 0 spiro atoms. The van der Waals surface area contributed by atoms with E-state index in [1.807, 2.05) is 0 Å². The van der Waals surface area contributed by atoms with E-state index in [4.69, 9.17) is 21.1 Å². The van der Waals surface area contributed by atoms with Crippen LogP contribution in [-0.4, -0.2) is 51.7 Å². The number of aliphatic imine (C=N–C) groups is 1. The van der Waals surface area contributed by atoms with Crippen molar-refractivity contribution in [1.82, 2.24) is 4.98 Å². The van der Waals surface area contributed by atoms with Gasteiger partial charge in [0.1, 0.15) is 23.0 Å². The molecule has 0 unspecified atom stereocenters. The van der Waals surface area contributed by atoms with Crippen LogP contribution < -0.4 is 14.2 Å². The lowest BCUT2D eigenvalue weighted by atomic mass is 9.99. The largest absolute Gasteiger partial charge is 0.573 e. The normalized spacial score (nSPS) is 12.4. The Labute approximate surface area is 225 Å². The molecule has 3 aromatic carbocycles. The fourth-order valence-corrected chi connectivity index (χ4v) is 4.62. The van der Waals surface area contributed by atoms with Gasteiger partial charge in [-0.2, -0.15) is 0 Å². The first-order chi connectivity index (χ1) is 18.3. The molecule has 0 bridgehead atoms. The molecule has 0 aliphatic carbocycles. The van der Waals surface area contributed by atoms with Crippen LogP contribution in [0.15, 0.2) is 70.7 Å². The molecule has 39 heavy (non-hydrogen) atoms. The van der Waals surface area contributed by atoms with E-state index in [9.17, 15) is 26.4 Å². The second-order valence-electron chi connectivity index (χ2n) is 8.23. The van der Waals surface area contributed by atoms with Crippen molar-refractivity contribution in [3.8, 4) is 17.2 Å². The number of nitrogens with zero attached hydrogens (tertiary/aromatic N) is 1. The summed E-state index contributed by atoms with van der Waals surface area (Å²) in [6.07, 6.45) is -2.59. The Morgan fingerprint density at radius 3 is 2.33 bits per heavy atom. The second kappa shape index (κ2) is 10.6. The molecule has 1 aromatic heterocycles. The summed E-state index contributed by atoms with van der Waals surface area (Å²) in [4.78, 5) is 21.2. The number of halogens is 4. The van der Waals surface area contributed by atoms with Gasteiger partial charge in [-0.25, -0.2) is 13.4 Å². The summed E-state index contributed by atoms with van der Waals surface area (Å²) in [6, 6.07) is 12.0. The number of aromatic amines is 1. The van der Waals surface area contributed by atoms with Crippen molar-refractivity contribution < 1.29 is 40.6 Å². The number of carbonyl (C=O) groups is 1. The van der Waals surface area contributed by atoms with Crippen LogP contribution in [0.25, 0.3) is 10.9 Å². The Bertz CT molecular complexity index is 1710. The summed E-state index contributed by atoms with van der Waals surface area (Å²) in [5.41, 5.74) is 0.429. The van der Waals surface area contributed by atoms with Crippen molar-refractivity contribution in [2.45, 2.75) is 11.3 Å². The van der Waals surface area contributed by atoms with Crippen LogP contribution in [0.3, 0.4) is 0 Å². The maximum Gasteiger partial charge on any atom is 0.573 e. The Morgan fingerprint density at radius 2 is 1.69 bits per heavy atom. The van der Waals surface area contributed by atoms with Gasteiger partial charge >= 0.3 is 6.36 Å². The van der Waals surface area contributed by atoms with E-state index in [0.29, 0.717) is 10.5 Å². The number of carbonyl (C=O) groups excluding carboxylic acids is 1. The Balaban J connectivity index is 1.95. The molecule has 0 atom stereocenters. The molecule has 13 heteroatoms. The molecule has 0 aliphatic rings. The molecule has 0 saturated heterocycles. The maximum absolute atomic E-state index is 14.0. The molecule has 0 saturated carbocycles. The van der Waals surface area contributed by atoms with Crippen molar-refractivity contribution in [3.63, 3.8) is 0 Å². The minimum Gasteiger partial charge on any atom is -0.497 e. The van der Waals surface area contributed by atoms with Gasteiger partial charge in [0.05, 0.1) is 24.8 Å². The highest BCUT2D eigenvalue weighted by molar-refractivity contribution is 7.90. The number of rotatable bonds is 8. The van der Waals surface area contributed by atoms with Crippen LogP contribution in [0.1, 0.15) is 15.9 Å². The quantitative estimate of drug-likeness (QED) is 0.198. The zero-order valence-electron chi connectivity index (χ0n) is 20.6. The molecular formula is C26H20ClF3N2O6S. The first kappa shape index (κ1) is 28.0. The minimum absolute atomic E-state index is 0.0142. The Kier molecular flexibility index (Phi) is 7.62. The van der Waals surface area contributed by atoms with Crippen LogP contribution in [0.4, 0.5) is 18.9 Å². The molecule has 0 radical (unpaired) electrons. The highest BCUT2D eigenvalue weighted by atomic mass is 35.5. The Morgan fingerprint density at radius 1 is 0.949 bits per heavy atom. The number of nitrogens with one attached hydrogen (secondary N) is 1. The summed E-state index contributed by atoms with van der Waals surface area (Å²) in [6.45, 7) is 0. The van der Waals surface area contributed by atoms with Crippen LogP contribution in [-0.2, 0) is 9.84 Å². The van der Waals surface area contributed by atoms with Crippen molar-refractivity contribution in [1.29, 1.82) is 0 Å². The van der Waals surface area contributed by atoms with E-state index in [2.05, 4.69) is 14.7 Å². The van der Waals surface area contributed by atoms with Gasteiger partial charge < -0.3 is 19.2 Å². The average molecular weight is 581 g/mol. The lowest BCUT2D eigenvalue weighted by molar-refractivity contribution is -0.274. The second-order valence-corrected chi connectivity index (χ2v) is 10.7. The highest BCUT2D eigenvalue weighted by Gasteiger charge is 2.31. The van der Waals surface area contributed by atoms with Gasteiger partial charge in [-0.15, -0.1) is 13.2 Å². The number of hydrogen-bond donors (Lipinski definition) is 1. The molecule has 0 amide bonds. The summed E-state index contributed by atoms with van der Waals surface area (Å²) in [7, 11) is -0.975. The van der Waals surface area contributed by atoms with Crippen molar-refractivity contribution in [2.75, 3.05) is 20.5 Å². The number of fused-ring (bicyclic) bond motifs is 1. The SMILES string of the molecule is COc1cc(N=C(C(=O)c2c[nH]c3ccc(OC(F)(F)F)cc23)c2ccc(Cl)cc2OC)cc(S(C)(=O)=O)c1. The van der Waals surface area contributed by atoms with Crippen molar-refractivity contribution >= 4 is 49.5 Å². The number of methoxy groups -OCH3 is 2. The third kappa shape index (κ3) is 6.35. The predicted molar refractivity (Wildman–Crippen MR) is 140 cm³/mol. The molecule has 8 nitrogen and oxygen atoms in total. The van der Waals surface area contributed by atoms with Crippen molar-refractivity contribution in [2.24, 2.45) is 4.99 Å². The van der Waals surface area contributed by atoms with Gasteiger partial charge in [0.25, 0.3) is 0 Å². The van der Waals surface area contributed by atoms with E-state index in [-0.39, 0.29) is 44.3 Å². The van der Waals surface area contributed by atoms with Crippen molar-refractivity contribution in [3.05, 3.63) is 76.9 Å². The number of ether oxygens (including phenoxy) is 3. The lowest BCUT2D eigenvalue weighted by Crippen LogP contribution is -2.17. The van der Waals surface area contributed by atoms with Gasteiger partial charge in [0, 0.05) is 45.6 Å². The lowest BCUT2D eigenvalue weighted by Gasteiger charge is -2.13. The fourth-order valence-electron chi connectivity index (χ4n) is 3.79. The standard InChI is InChI=1S/C26H20ClF3N2O6S/c1-36-17-9-15(10-18(11-17)39(3,34)35)32-24(19-6-4-14(27)8-23(19)37-2)25(33)21-13-31-22-7-5-16(12-20(21)22)38-26(28,29)30/h4-13,31H,1-3H3. The van der Waals surface area contributed by atoms with E-state index >= 15 is 0 Å². The van der Waals surface area contributed by atoms with Crippen LogP contribution in [0, 0.1) is 0 Å². The third-order valence-corrected chi connectivity index (χ3v) is 6.86. The molecule has 4 rings (SSSR count). The molecule has 1 heterocycles. The first-order valence-electron chi connectivity index (χ1n) is 11.0. The van der Waals surface area contributed by atoms with Gasteiger partial charge in [-0.1, -0.05) is 11.6 Å². The van der Waals surface area contributed by atoms with E-state index < -0.39 is 27.7 Å². The summed E-state index contributed by atoms with van der Waals surface area (Å²) in [5, 5.41) is 0.453. The molecule has 204 valence electrons. The van der Waals surface area contributed by atoms with Gasteiger partial charge in [0.15, 0.2) is 9.84 Å². The fraction of sp³-hybridized carbons (Fsp3) is 0.154. The number of ketones is 1. The summed E-state index contributed by atoms with van der Waals surface area (Å²) >= 11 is 6.10. The number of H-pyrrole nitrogens is 1. The number of alkyl halides is 3. The van der Waals surface area contributed by atoms with E-state index in [1.165, 1.54) is 62.9 Å². The molecule has 0 fully saturated rings. The van der Waals surface area contributed by atoms with Gasteiger partial charge in [-0.3, -0.25) is 4.79 Å². The van der Waals surface area contributed by atoms with E-state index in [0.717, 1.165) is 18.4 Å². The first-order valence-corrected chi connectivity index (χ1v) is 13.3. The van der Waals surface area contributed by atoms with Gasteiger partial charge in [-0.05, 0) is 48.5 Å². The summed E-state index contributed by atoms with van der Waals surface area (Å²) in [5.74, 6) is -0.860. The zero-order chi connectivity index (χ0) is 28.5. The van der Waals surface area contributed by atoms with Crippen LogP contribution in [0.2, 0.25) is 5.02 Å². The highest BCUT2D eigenvalue weighted by Crippen LogP contribution is 2.33. The van der Waals surface area contributed by atoms with Crippen LogP contribution >= 0.6 is 11.6 Å². The maximum atomic E-state index is 14.0. The predicted octanol–water partition coefficient (Wildman–Crippen LogP) is 6.14. The van der Waals surface area contributed by atoms with Gasteiger partial charge in [0.2, 0.25) is 5.78 Å². The molecule has 0 aliphatic heterocycles. The summed E-state index contributed by atoms with van der Waals surface area (Å²) < 4.78 is 77.6.